The molecule has 1 saturated heterocycles. The van der Waals surface area contributed by atoms with E-state index in [1.807, 2.05) is 6.20 Å². The molecule has 0 bridgehead atoms. The minimum Gasteiger partial charge on any atom is -0.391 e. The molecule has 3 aromatic rings. The molecule has 1 aliphatic carbocycles. The smallest absolute Gasteiger partial charge is 0.144 e. The molecule has 140 valence electrons. The van der Waals surface area contributed by atoms with E-state index in [-0.39, 0.29) is 12.1 Å². The standard InChI is InChI=1S/C20H24N6O/c27-18-7-16-12-26(10-14-3-1-2-13-8-23-25-20(13)14)11-15(16)6-17(18)24-19-9-21-4-5-22-19/h1-5,8-9,15-18,27H,6-7,10-12H2,(H,22,24)(H,23,25)/t15-,16+,17-,18-/m1/s1. The van der Waals surface area contributed by atoms with Crippen LogP contribution in [0.1, 0.15) is 18.4 Å². The van der Waals surface area contributed by atoms with E-state index in [2.05, 4.69) is 48.6 Å². The Hall–Kier alpha value is -2.51. The number of aliphatic hydroxyl groups is 1. The van der Waals surface area contributed by atoms with Crippen LogP contribution in [0.15, 0.2) is 43.0 Å². The molecule has 3 N–H and O–H groups in total. The number of aliphatic hydroxyl groups excluding tert-OH is 1. The Morgan fingerprint density at radius 3 is 2.89 bits per heavy atom. The average Bonchev–Trinajstić information content (AvgIpc) is 3.30. The number of rotatable bonds is 4. The second-order valence-electron chi connectivity index (χ2n) is 7.85. The highest BCUT2D eigenvalue weighted by Gasteiger charge is 2.41. The maximum atomic E-state index is 10.6. The maximum absolute atomic E-state index is 10.6. The molecule has 1 aromatic carbocycles. The molecule has 0 radical (unpaired) electrons. The van der Waals surface area contributed by atoms with Crippen LogP contribution in [0.25, 0.3) is 10.9 Å². The zero-order valence-corrected chi connectivity index (χ0v) is 15.1. The number of benzene rings is 1. The number of nitrogens with zero attached hydrogens (tertiary/aromatic N) is 4. The lowest BCUT2D eigenvalue weighted by Crippen LogP contribution is -2.43. The maximum Gasteiger partial charge on any atom is 0.144 e. The summed E-state index contributed by atoms with van der Waals surface area (Å²) in [5.74, 6) is 1.89. The average molecular weight is 364 g/mol. The second kappa shape index (κ2) is 6.90. The summed E-state index contributed by atoms with van der Waals surface area (Å²) in [5.41, 5.74) is 2.42. The summed E-state index contributed by atoms with van der Waals surface area (Å²) in [7, 11) is 0. The zero-order chi connectivity index (χ0) is 18.2. The number of hydrogen-bond acceptors (Lipinski definition) is 6. The van der Waals surface area contributed by atoms with Gasteiger partial charge in [-0.25, -0.2) is 4.98 Å². The number of para-hydroxylation sites is 1. The molecule has 1 saturated carbocycles. The van der Waals surface area contributed by atoms with Gasteiger partial charge in [-0.05, 0) is 30.2 Å². The van der Waals surface area contributed by atoms with Gasteiger partial charge in [0.05, 0.1) is 30.1 Å². The normalized spacial score (nSPS) is 28.3. The Morgan fingerprint density at radius 1 is 1.15 bits per heavy atom. The number of nitrogens with one attached hydrogen (secondary N) is 2. The highest BCUT2D eigenvalue weighted by molar-refractivity contribution is 5.81. The number of hydrogen-bond donors (Lipinski definition) is 3. The lowest BCUT2D eigenvalue weighted by Gasteiger charge is -2.35. The van der Waals surface area contributed by atoms with Crippen molar-refractivity contribution in [3.63, 3.8) is 0 Å². The summed E-state index contributed by atoms with van der Waals surface area (Å²) < 4.78 is 0. The van der Waals surface area contributed by atoms with Crippen molar-refractivity contribution in [2.24, 2.45) is 11.8 Å². The van der Waals surface area contributed by atoms with Gasteiger partial charge < -0.3 is 10.4 Å². The first kappa shape index (κ1) is 16.6. The fourth-order valence-corrected chi connectivity index (χ4v) is 4.78. The second-order valence-corrected chi connectivity index (χ2v) is 7.85. The third-order valence-electron chi connectivity index (χ3n) is 6.07. The van der Waals surface area contributed by atoms with E-state index >= 15 is 0 Å². The van der Waals surface area contributed by atoms with Crippen LogP contribution in [-0.4, -0.2) is 55.4 Å². The van der Waals surface area contributed by atoms with Crippen molar-refractivity contribution in [1.82, 2.24) is 25.1 Å². The topological polar surface area (TPSA) is 90.0 Å². The first-order chi connectivity index (χ1) is 13.3. The van der Waals surface area contributed by atoms with Gasteiger partial charge in [0.2, 0.25) is 0 Å². The zero-order valence-electron chi connectivity index (χ0n) is 15.1. The molecule has 3 heterocycles. The van der Waals surface area contributed by atoms with Crippen molar-refractivity contribution >= 4 is 16.7 Å². The SMILES string of the molecule is O[C@@H]1C[C@H]2CN(Cc3cccc4cn[nH]c34)C[C@H]2C[C@H]1Nc1cnccn1. The van der Waals surface area contributed by atoms with E-state index in [1.54, 1.807) is 18.6 Å². The van der Waals surface area contributed by atoms with Crippen LogP contribution in [0.5, 0.6) is 0 Å². The lowest BCUT2D eigenvalue weighted by atomic mass is 9.77. The number of fused-ring (bicyclic) bond motifs is 2. The van der Waals surface area contributed by atoms with Crippen LogP contribution >= 0.6 is 0 Å². The van der Waals surface area contributed by atoms with Crippen molar-refractivity contribution in [3.8, 4) is 0 Å². The molecule has 1 aliphatic heterocycles. The van der Waals surface area contributed by atoms with E-state index in [9.17, 15) is 5.11 Å². The fourth-order valence-electron chi connectivity index (χ4n) is 4.78. The van der Waals surface area contributed by atoms with Gasteiger partial charge in [0.15, 0.2) is 0 Å². The van der Waals surface area contributed by atoms with Gasteiger partial charge in [-0.2, -0.15) is 5.10 Å². The summed E-state index contributed by atoms with van der Waals surface area (Å²) in [6.07, 6.45) is 8.39. The molecule has 0 spiro atoms. The van der Waals surface area contributed by atoms with Crippen LogP contribution in [0.4, 0.5) is 5.82 Å². The number of likely N-dealkylation sites (tertiary alicyclic amines) is 1. The van der Waals surface area contributed by atoms with Crippen molar-refractivity contribution in [3.05, 3.63) is 48.5 Å². The minimum absolute atomic E-state index is 0.0407. The van der Waals surface area contributed by atoms with Gasteiger partial charge in [0, 0.05) is 37.4 Å². The molecule has 0 unspecified atom stereocenters. The van der Waals surface area contributed by atoms with Crippen molar-refractivity contribution < 1.29 is 5.11 Å². The van der Waals surface area contributed by atoms with Crippen LogP contribution in [-0.2, 0) is 6.54 Å². The first-order valence-electron chi connectivity index (χ1n) is 9.60. The molecule has 7 heteroatoms. The number of H-pyrrole nitrogens is 1. The van der Waals surface area contributed by atoms with Crippen LogP contribution < -0.4 is 5.32 Å². The van der Waals surface area contributed by atoms with Gasteiger partial charge in [0.1, 0.15) is 5.82 Å². The first-order valence-corrected chi connectivity index (χ1v) is 9.60. The molecular weight excluding hydrogens is 340 g/mol. The third kappa shape index (κ3) is 3.28. The van der Waals surface area contributed by atoms with Gasteiger partial charge in [-0.1, -0.05) is 18.2 Å². The molecule has 7 nitrogen and oxygen atoms in total. The van der Waals surface area contributed by atoms with E-state index in [4.69, 9.17) is 0 Å². The monoisotopic (exact) mass is 364 g/mol. The largest absolute Gasteiger partial charge is 0.391 e. The third-order valence-corrected chi connectivity index (χ3v) is 6.07. The minimum atomic E-state index is -0.343. The summed E-state index contributed by atoms with van der Waals surface area (Å²) in [6.45, 7) is 3.04. The van der Waals surface area contributed by atoms with Gasteiger partial charge in [-0.3, -0.25) is 15.0 Å². The summed E-state index contributed by atoms with van der Waals surface area (Å²) in [6, 6.07) is 6.40. The van der Waals surface area contributed by atoms with Crippen molar-refractivity contribution in [2.75, 3.05) is 18.4 Å². The van der Waals surface area contributed by atoms with E-state index in [0.717, 1.165) is 49.2 Å². The van der Waals surface area contributed by atoms with Crippen molar-refractivity contribution in [1.29, 1.82) is 0 Å². The summed E-state index contributed by atoms with van der Waals surface area (Å²) in [5, 5.41) is 22.5. The Morgan fingerprint density at radius 2 is 2.04 bits per heavy atom. The van der Waals surface area contributed by atoms with E-state index in [1.165, 1.54) is 5.56 Å². The number of anilines is 1. The Kier molecular flexibility index (Phi) is 4.26. The lowest BCUT2D eigenvalue weighted by molar-refractivity contribution is 0.0735. The Balaban J connectivity index is 1.26. The van der Waals surface area contributed by atoms with Crippen molar-refractivity contribution in [2.45, 2.75) is 31.5 Å². The Labute approximate surface area is 157 Å². The molecule has 27 heavy (non-hydrogen) atoms. The van der Waals surface area contributed by atoms with Gasteiger partial charge in [-0.15, -0.1) is 0 Å². The molecule has 5 rings (SSSR count). The van der Waals surface area contributed by atoms with E-state index in [0.29, 0.717) is 11.8 Å². The molecule has 2 fully saturated rings. The predicted octanol–water partition coefficient (Wildman–Crippen LogP) is 2.04. The highest BCUT2D eigenvalue weighted by Crippen LogP contribution is 2.38. The quantitative estimate of drug-likeness (QED) is 0.656. The van der Waals surface area contributed by atoms with Crippen LogP contribution in [0.2, 0.25) is 0 Å². The molecule has 4 atom stereocenters. The molecule has 2 aromatic heterocycles. The van der Waals surface area contributed by atoms with Crippen LogP contribution in [0.3, 0.4) is 0 Å². The van der Waals surface area contributed by atoms with Gasteiger partial charge >= 0.3 is 0 Å². The molecule has 2 aliphatic rings. The summed E-state index contributed by atoms with van der Waals surface area (Å²) in [4.78, 5) is 10.9. The highest BCUT2D eigenvalue weighted by atomic mass is 16.3. The molecular formula is C20H24N6O. The predicted molar refractivity (Wildman–Crippen MR) is 103 cm³/mol. The van der Waals surface area contributed by atoms with E-state index < -0.39 is 0 Å². The fraction of sp³-hybridized carbons (Fsp3) is 0.450. The van der Waals surface area contributed by atoms with Gasteiger partial charge in [0.25, 0.3) is 0 Å². The summed E-state index contributed by atoms with van der Waals surface area (Å²) >= 11 is 0. The number of aromatic nitrogens is 4. The number of aromatic amines is 1. The Bertz CT molecular complexity index is 913. The molecule has 0 amide bonds. The van der Waals surface area contributed by atoms with Crippen LogP contribution in [0, 0.1) is 11.8 Å².